The van der Waals surface area contributed by atoms with E-state index in [1.54, 1.807) is 24.3 Å². The Labute approximate surface area is 88.4 Å². The van der Waals surface area contributed by atoms with Gasteiger partial charge in [0.25, 0.3) is 5.91 Å². The van der Waals surface area contributed by atoms with Crippen LogP contribution in [-0.2, 0) is 4.79 Å². The van der Waals surface area contributed by atoms with E-state index in [0.717, 1.165) is 11.4 Å². The number of nitrogens with zero attached hydrogens (tertiary/aromatic N) is 2. The summed E-state index contributed by atoms with van der Waals surface area (Å²) in [6, 6.07) is 7.11. The molecule has 1 aromatic rings. The van der Waals surface area contributed by atoms with Crippen LogP contribution in [0.1, 0.15) is 13.8 Å². The number of anilines is 2. The molecule has 1 unspecified atom stereocenters. The predicted octanol–water partition coefficient (Wildman–Crippen LogP) is 1.63. The van der Waals surface area contributed by atoms with Crippen molar-refractivity contribution < 1.29 is 4.79 Å². The number of nitrogen functional groups attached to an aromatic ring is 1. The van der Waals surface area contributed by atoms with Crippen LogP contribution in [0, 0.1) is 5.92 Å². The Kier molecular flexibility index (Phi) is 2.19. The van der Waals surface area contributed by atoms with Gasteiger partial charge >= 0.3 is 0 Å². The van der Waals surface area contributed by atoms with Crippen LogP contribution in [0.3, 0.4) is 0 Å². The molecule has 2 N–H and O–H groups in total. The number of hydrogen-bond donors (Lipinski definition) is 1. The highest BCUT2D eigenvalue weighted by molar-refractivity contribution is 6.14. The van der Waals surface area contributed by atoms with Crippen molar-refractivity contribution in [3.05, 3.63) is 24.3 Å². The van der Waals surface area contributed by atoms with Crippen LogP contribution in [0.5, 0.6) is 0 Å². The summed E-state index contributed by atoms with van der Waals surface area (Å²) in [4.78, 5) is 11.8. The van der Waals surface area contributed by atoms with E-state index in [1.165, 1.54) is 5.01 Å². The van der Waals surface area contributed by atoms with Crippen LogP contribution < -0.4 is 10.7 Å². The molecule has 1 aliphatic heterocycles. The molecule has 0 bridgehead atoms. The number of amides is 1. The summed E-state index contributed by atoms with van der Waals surface area (Å²) in [5.74, 6) is -0.111. The molecule has 0 saturated heterocycles. The van der Waals surface area contributed by atoms with Crippen LogP contribution >= 0.6 is 0 Å². The number of hydrazone groups is 1. The molecule has 0 aliphatic carbocycles. The quantitative estimate of drug-likeness (QED) is 0.705. The van der Waals surface area contributed by atoms with E-state index in [9.17, 15) is 4.79 Å². The van der Waals surface area contributed by atoms with Gasteiger partial charge in [0.1, 0.15) is 0 Å². The van der Waals surface area contributed by atoms with E-state index in [1.807, 2.05) is 13.8 Å². The Morgan fingerprint density at radius 1 is 1.33 bits per heavy atom. The lowest BCUT2D eigenvalue weighted by Gasteiger charge is -2.12. The van der Waals surface area contributed by atoms with Gasteiger partial charge in [-0.15, -0.1) is 0 Å². The van der Waals surface area contributed by atoms with Gasteiger partial charge in [0.2, 0.25) is 0 Å². The summed E-state index contributed by atoms with van der Waals surface area (Å²) >= 11 is 0. The van der Waals surface area contributed by atoms with E-state index < -0.39 is 0 Å². The first-order chi connectivity index (χ1) is 7.09. The Morgan fingerprint density at radius 3 is 2.40 bits per heavy atom. The van der Waals surface area contributed by atoms with Crippen molar-refractivity contribution in [1.82, 2.24) is 0 Å². The lowest BCUT2D eigenvalue weighted by molar-refractivity contribution is -0.119. The van der Waals surface area contributed by atoms with Crippen LogP contribution in [0.2, 0.25) is 0 Å². The summed E-state index contributed by atoms with van der Waals surface area (Å²) in [5.41, 5.74) is 7.86. The molecule has 1 heterocycles. The Morgan fingerprint density at radius 2 is 1.93 bits per heavy atom. The third kappa shape index (κ3) is 1.58. The minimum atomic E-state index is -0.123. The third-order valence-corrected chi connectivity index (χ3v) is 2.60. The highest BCUT2D eigenvalue weighted by Gasteiger charge is 2.30. The fraction of sp³-hybridized carbons (Fsp3) is 0.273. The topological polar surface area (TPSA) is 58.7 Å². The zero-order chi connectivity index (χ0) is 11.0. The minimum absolute atomic E-state index is 0.0114. The van der Waals surface area contributed by atoms with Crippen molar-refractivity contribution in [2.24, 2.45) is 11.0 Å². The van der Waals surface area contributed by atoms with Crippen molar-refractivity contribution >= 4 is 23.0 Å². The van der Waals surface area contributed by atoms with E-state index in [4.69, 9.17) is 5.73 Å². The van der Waals surface area contributed by atoms with Crippen molar-refractivity contribution in [1.29, 1.82) is 0 Å². The van der Waals surface area contributed by atoms with E-state index >= 15 is 0 Å². The number of hydrogen-bond acceptors (Lipinski definition) is 3. The maximum atomic E-state index is 11.8. The molecule has 1 atom stereocenters. The van der Waals surface area contributed by atoms with Gasteiger partial charge in [-0.3, -0.25) is 4.79 Å². The Balaban J connectivity index is 2.33. The van der Waals surface area contributed by atoms with Gasteiger partial charge in [-0.05, 0) is 38.1 Å². The molecular formula is C11H13N3O. The Hall–Kier alpha value is -1.84. The maximum absolute atomic E-state index is 11.8. The van der Waals surface area contributed by atoms with E-state index in [2.05, 4.69) is 5.10 Å². The molecule has 4 heteroatoms. The number of carbonyl (C=O) groups is 1. The summed E-state index contributed by atoms with van der Waals surface area (Å²) < 4.78 is 0. The molecule has 4 nitrogen and oxygen atoms in total. The second-order valence-corrected chi connectivity index (χ2v) is 3.70. The summed E-state index contributed by atoms with van der Waals surface area (Å²) in [7, 11) is 0. The van der Waals surface area contributed by atoms with Gasteiger partial charge in [0.15, 0.2) is 0 Å². The largest absolute Gasteiger partial charge is 0.399 e. The standard InChI is InChI=1S/C11H13N3O/c1-7-8(2)13-14(11(7)15)10-5-3-9(12)4-6-10/h3-7H,12H2,1-2H3. The minimum Gasteiger partial charge on any atom is -0.399 e. The van der Waals surface area contributed by atoms with Crippen molar-refractivity contribution in [3.63, 3.8) is 0 Å². The number of rotatable bonds is 1. The fourth-order valence-electron chi connectivity index (χ4n) is 1.46. The second-order valence-electron chi connectivity index (χ2n) is 3.70. The monoisotopic (exact) mass is 203 g/mol. The van der Waals surface area contributed by atoms with Gasteiger partial charge in [-0.2, -0.15) is 5.10 Å². The molecule has 0 fully saturated rings. The molecule has 0 aromatic heterocycles. The third-order valence-electron chi connectivity index (χ3n) is 2.60. The molecule has 2 rings (SSSR count). The van der Waals surface area contributed by atoms with Gasteiger partial charge in [0, 0.05) is 11.4 Å². The van der Waals surface area contributed by atoms with Gasteiger partial charge in [-0.1, -0.05) is 0 Å². The molecule has 0 saturated carbocycles. The fourth-order valence-corrected chi connectivity index (χ4v) is 1.46. The highest BCUT2D eigenvalue weighted by atomic mass is 16.2. The van der Waals surface area contributed by atoms with Crippen molar-refractivity contribution in [2.45, 2.75) is 13.8 Å². The van der Waals surface area contributed by atoms with Gasteiger partial charge in [0.05, 0.1) is 11.6 Å². The molecule has 0 spiro atoms. The molecule has 15 heavy (non-hydrogen) atoms. The number of nitrogens with two attached hydrogens (primary N) is 1. The smallest absolute Gasteiger partial charge is 0.255 e. The first-order valence-corrected chi connectivity index (χ1v) is 4.84. The second kappa shape index (κ2) is 3.38. The van der Waals surface area contributed by atoms with Crippen molar-refractivity contribution in [3.8, 4) is 0 Å². The van der Waals surface area contributed by atoms with Crippen LogP contribution in [0.4, 0.5) is 11.4 Å². The van der Waals surface area contributed by atoms with E-state index in [0.29, 0.717) is 5.69 Å². The lowest BCUT2D eigenvalue weighted by atomic mass is 10.1. The summed E-state index contributed by atoms with van der Waals surface area (Å²) in [6.07, 6.45) is 0. The molecular weight excluding hydrogens is 190 g/mol. The van der Waals surface area contributed by atoms with Crippen LogP contribution in [0.25, 0.3) is 0 Å². The zero-order valence-electron chi connectivity index (χ0n) is 8.77. The average Bonchev–Trinajstić information content (AvgIpc) is 2.47. The molecule has 0 radical (unpaired) electrons. The molecule has 1 aliphatic rings. The zero-order valence-corrected chi connectivity index (χ0v) is 8.77. The number of carbonyl (C=O) groups excluding carboxylic acids is 1. The van der Waals surface area contributed by atoms with Crippen molar-refractivity contribution in [2.75, 3.05) is 10.7 Å². The lowest BCUT2D eigenvalue weighted by Crippen LogP contribution is -2.25. The first kappa shape index (κ1) is 9.71. The van der Waals surface area contributed by atoms with E-state index in [-0.39, 0.29) is 11.8 Å². The van der Waals surface area contributed by atoms with Gasteiger partial charge in [-0.25, -0.2) is 5.01 Å². The van der Waals surface area contributed by atoms with Crippen LogP contribution in [0.15, 0.2) is 29.4 Å². The highest BCUT2D eigenvalue weighted by Crippen LogP contribution is 2.24. The molecule has 1 amide bonds. The van der Waals surface area contributed by atoms with Gasteiger partial charge < -0.3 is 5.73 Å². The van der Waals surface area contributed by atoms with Crippen LogP contribution in [-0.4, -0.2) is 11.6 Å². The summed E-state index contributed by atoms with van der Waals surface area (Å²) in [6.45, 7) is 3.72. The average molecular weight is 203 g/mol. The molecule has 1 aromatic carbocycles. The maximum Gasteiger partial charge on any atom is 0.255 e. The first-order valence-electron chi connectivity index (χ1n) is 4.84. The predicted molar refractivity (Wildman–Crippen MR) is 60.6 cm³/mol. The number of benzene rings is 1. The Bertz CT molecular complexity index is 422. The summed E-state index contributed by atoms with van der Waals surface area (Å²) in [5, 5.41) is 5.64. The molecule has 78 valence electrons. The normalized spacial score (nSPS) is 20.7. The SMILES string of the molecule is CC1=NN(c2ccc(N)cc2)C(=O)C1C.